The third-order valence-corrected chi connectivity index (χ3v) is 4.91. The molecule has 3 heteroatoms. The van der Waals surface area contributed by atoms with Crippen LogP contribution in [0.4, 0.5) is 0 Å². The number of rotatable bonds is 7. The lowest BCUT2D eigenvalue weighted by Crippen LogP contribution is -2.40. The van der Waals surface area contributed by atoms with Crippen LogP contribution in [0.25, 0.3) is 0 Å². The molecule has 3 rings (SSSR count). The number of phenols is 1. The molecule has 3 nitrogen and oxygen atoms in total. The number of aromatic hydroxyl groups is 1. The van der Waals surface area contributed by atoms with E-state index in [1.807, 2.05) is 12.1 Å². The second-order valence-corrected chi connectivity index (χ2v) is 6.71. The van der Waals surface area contributed by atoms with Crippen LogP contribution in [0.1, 0.15) is 50.6 Å². The Bertz CT molecular complexity index is 435. The Morgan fingerprint density at radius 3 is 2.52 bits per heavy atom. The van der Waals surface area contributed by atoms with Gasteiger partial charge < -0.3 is 10.4 Å². The SMILES string of the molecule is CCC(c1ccc(O)cc1)N(CC1CC1)CC1CCCN1. The molecular formula is C18H28N2O. The van der Waals surface area contributed by atoms with Crippen LogP contribution in [-0.2, 0) is 0 Å². The molecule has 2 atom stereocenters. The van der Waals surface area contributed by atoms with Crippen LogP contribution < -0.4 is 5.32 Å². The summed E-state index contributed by atoms with van der Waals surface area (Å²) in [4.78, 5) is 2.69. The van der Waals surface area contributed by atoms with E-state index in [2.05, 4.69) is 29.3 Å². The van der Waals surface area contributed by atoms with E-state index in [0.29, 0.717) is 17.8 Å². The summed E-state index contributed by atoms with van der Waals surface area (Å²) in [6.07, 6.45) is 6.57. The maximum Gasteiger partial charge on any atom is 0.115 e. The number of nitrogens with one attached hydrogen (secondary N) is 1. The average molecular weight is 288 g/mol. The fraction of sp³-hybridized carbons (Fsp3) is 0.667. The molecule has 1 aromatic carbocycles. The van der Waals surface area contributed by atoms with Crippen LogP contribution in [0, 0.1) is 5.92 Å². The third kappa shape index (κ3) is 3.98. The van der Waals surface area contributed by atoms with E-state index in [4.69, 9.17) is 0 Å². The molecular weight excluding hydrogens is 260 g/mol. The quantitative estimate of drug-likeness (QED) is 0.808. The molecule has 1 heterocycles. The van der Waals surface area contributed by atoms with E-state index < -0.39 is 0 Å². The molecule has 116 valence electrons. The number of hydrogen-bond acceptors (Lipinski definition) is 3. The van der Waals surface area contributed by atoms with Gasteiger partial charge in [-0.25, -0.2) is 0 Å². The highest BCUT2D eigenvalue weighted by Crippen LogP contribution is 2.34. The molecule has 0 amide bonds. The van der Waals surface area contributed by atoms with E-state index in [1.165, 1.54) is 44.3 Å². The molecule has 21 heavy (non-hydrogen) atoms. The molecule has 1 aliphatic heterocycles. The Kier molecular flexibility index (Phi) is 4.81. The largest absolute Gasteiger partial charge is 0.508 e. The summed E-state index contributed by atoms with van der Waals surface area (Å²) in [5.41, 5.74) is 1.34. The van der Waals surface area contributed by atoms with E-state index in [-0.39, 0.29) is 0 Å². The van der Waals surface area contributed by atoms with E-state index in [9.17, 15) is 5.11 Å². The highest BCUT2D eigenvalue weighted by Gasteiger charge is 2.30. The number of benzene rings is 1. The molecule has 2 N–H and O–H groups in total. The number of phenolic OH excluding ortho intramolecular Hbond substituents is 1. The second-order valence-electron chi connectivity index (χ2n) is 6.71. The van der Waals surface area contributed by atoms with Crippen LogP contribution in [0.15, 0.2) is 24.3 Å². The van der Waals surface area contributed by atoms with Gasteiger partial charge in [0.15, 0.2) is 0 Å². The molecule has 2 unspecified atom stereocenters. The maximum absolute atomic E-state index is 9.51. The molecule has 1 aromatic rings. The lowest BCUT2D eigenvalue weighted by Gasteiger charge is -2.33. The van der Waals surface area contributed by atoms with Gasteiger partial charge in [-0.15, -0.1) is 0 Å². The Morgan fingerprint density at radius 2 is 1.95 bits per heavy atom. The van der Waals surface area contributed by atoms with Crippen molar-refractivity contribution in [1.29, 1.82) is 0 Å². The van der Waals surface area contributed by atoms with Crippen molar-refractivity contribution in [3.63, 3.8) is 0 Å². The van der Waals surface area contributed by atoms with Crippen molar-refractivity contribution in [3.8, 4) is 5.75 Å². The summed E-state index contributed by atoms with van der Waals surface area (Å²) < 4.78 is 0. The average Bonchev–Trinajstić information content (AvgIpc) is 3.15. The highest BCUT2D eigenvalue weighted by atomic mass is 16.3. The summed E-state index contributed by atoms with van der Waals surface area (Å²) in [5.74, 6) is 1.28. The van der Waals surface area contributed by atoms with Gasteiger partial charge in [-0.05, 0) is 62.3 Å². The zero-order valence-corrected chi connectivity index (χ0v) is 13.1. The van der Waals surface area contributed by atoms with Crippen molar-refractivity contribution in [2.75, 3.05) is 19.6 Å². The zero-order chi connectivity index (χ0) is 14.7. The van der Waals surface area contributed by atoms with Gasteiger partial charge in [-0.2, -0.15) is 0 Å². The first-order chi connectivity index (χ1) is 10.3. The van der Waals surface area contributed by atoms with Crippen LogP contribution in [-0.4, -0.2) is 35.7 Å². The zero-order valence-electron chi connectivity index (χ0n) is 13.1. The second kappa shape index (κ2) is 6.80. The molecule has 0 aromatic heterocycles. The predicted molar refractivity (Wildman–Crippen MR) is 86.5 cm³/mol. The monoisotopic (exact) mass is 288 g/mol. The van der Waals surface area contributed by atoms with Gasteiger partial charge in [0.1, 0.15) is 5.75 Å². The summed E-state index contributed by atoms with van der Waals surface area (Å²) in [5, 5.41) is 13.1. The van der Waals surface area contributed by atoms with Crippen molar-refractivity contribution < 1.29 is 5.11 Å². The first-order valence-electron chi connectivity index (χ1n) is 8.52. The highest BCUT2D eigenvalue weighted by molar-refractivity contribution is 5.28. The molecule has 1 saturated carbocycles. The van der Waals surface area contributed by atoms with Crippen LogP contribution >= 0.6 is 0 Å². The maximum atomic E-state index is 9.51. The van der Waals surface area contributed by atoms with E-state index in [1.54, 1.807) is 0 Å². The fourth-order valence-electron chi connectivity index (χ4n) is 3.56. The smallest absolute Gasteiger partial charge is 0.115 e. The molecule has 0 spiro atoms. The van der Waals surface area contributed by atoms with E-state index >= 15 is 0 Å². The van der Waals surface area contributed by atoms with Gasteiger partial charge >= 0.3 is 0 Å². The van der Waals surface area contributed by atoms with Gasteiger partial charge in [0.05, 0.1) is 0 Å². The molecule has 2 fully saturated rings. The van der Waals surface area contributed by atoms with Gasteiger partial charge in [0.25, 0.3) is 0 Å². The van der Waals surface area contributed by atoms with Gasteiger partial charge in [0, 0.05) is 25.2 Å². The minimum atomic E-state index is 0.361. The number of nitrogens with zero attached hydrogens (tertiary/aromatic N) is 1. The van der Waals surface area contributed by atoms with Crippen LogP contribution in [0.2, 0.25) is 0 Å². The Hall–Kier alpha value is -1.06. The summed E-state index contributed by atoms with van der Waals surface area (Å²) in [6, 6.07) is 8.96. The summed E-state index contributed by atoms with van der Waals surface area (Å²) in [6.45, 7) is 5.85. The van der Waals surface area contributed by atoms with Crippen LogP contribution in [0.5, 0.6) is 5.75 Å². The van der Waals surface area contributed by atoms with Crippen LogP contribution in [0.3, 0.4) is 0 Å². The molecule has 2 aliphatic rings. The minimum absolute atomic E-state index is 0.361. The fourth-order valence-corrected chi connectivity index (χ4v) is 3.56. The Labute approximate surface area is 128 Å². The summed E-state index contributed by atoms with van der Waals surface area (Å²) >= 11 is 0. The predicted octanol–water partition coefficient (Wildman–Crippen LogP) is 3.31. The first-order valence-corrected chi connectivity index (χ1v) is 8.52. The third-order valence-electron chi connectivity index (χ3n) is 4.91. The standard InChI is InChI=1S/C18H28N2O/c1-2-18(15-7-9-17(21)10-8-15)20(12-14-5-6-14)13-16-4-3-11-19-16/h7-10,14,16,18-19,21H,2-6,11-13H2,1H3. The molecule has 0 bridgehead atoms. The van der Waals surface area contributed by atoms with Crippen molar-refractivity contribution in [2.45, 2.75) is 51.1 Å². The lowest BCUT2D eigenvalue weighted by molar-refractivity contribution is 0.168. The normalized spacial score (nSPS) is 23.6. The topological polar surface area (TPSA) is 35.5 Å². The first kappa shape index (κ1) is 14.9. The van der Waals surface area contributed by atoms with E-state index in [0.717, 1.165) is 18.9 Å². The Morgan fingerprint density at radius 1 is 1.19 bits per heavy atom. The van der Waals surface area contributed by atoms with Gasteiger partial charge in [-0.3, -0.25) is 4.90 Å². The van der Waals surface area contributed by atoms with Crippen molar-refractivity contribution in [1.82, 2.24) is 10.2 Å². The molecule has 1 saturated heterocycles. The number of hydrogen-bond donors (Lipinski definition) is 2. The van der Waals surface area contributed by atoms with Crippen molar-refractivity contribution in [3.05, 3.63) is 29.8 Å². The van der Waals surface area contributed by atoms with Crippen molar-refractivity contribution in [2.24, 2.45) is 5.92 Å². The Balaban J connectivity index is 1.72. The van der Waals surface area contributed by atoms with Crippen molar-refractivity contribution >= 4 is 0 Å². The summed E-state index contributed by atoms with van der Waals surface area (Å²) in [7, 11) is 0. The molecule has 0 radical (unpaired) electrons. The molecule has 1 aliphatic carbocycles. The van der Waals surface area contributed by atoms with Gasteiger partial charge in [-0.1, -0.05) is 19.1 Å². The van der Waals surface area contributed by atoms with Gasteiger partial charge in [0.2, 0.25) is 0 Å². The minimum Gasteiger partial charge on any atom is -0.508 e. The lowest BCUT2D eigenvalue weighted by atomic mass is 10.0.